The van der Waals surface area contributed by atoms with Gasteiger partial charge in [-0.3, -0.25) is 4.90 Å². The van der Waals surface area contributed by atoms with E-state index < -0.39 is 0 Å². The molecule has 0 radical (unpaired) electrons. The number of benzene rings is 1. The quantitative estimate of drug-likeness (QED) is 0.884. The number of rotatable bonds is 2. The van der Waals surface area contributed by atoms with Gasteiger partial charge in [0, 0.05) is 35.7 Å². The van der Waals surface area contributed by atoms with Crippen molar-refractivity contribution in [2.24, 2.45) is 0 Å². The minimum Gasteiger partial charge on any atom is -0.309 e. The lowest BCUT2D eigenvalue weighted by molar-refractivity contribution is 0.0515. The van der Waals surface area contributed by atoms with Gasteiger partial charge >= 0.3 is 0 Å². The molecule has 1 fully saturated rings. The Kier molecular flexibility index (Phi) is 4.31. The fraction of sp³-hybridized carbons (Fsp3) is 0.600. The van der Waals surface area contributed by atoms with Crippen LogP contribution in [-0.4, -0.2) is 29.1 Å². The van der Waals surface area contributed by atoms with Gasteiger partial charge < -0.3 is 5.32 Å². The van der Waals surface area contributed by atoms with E-state index in [0.29, 0.717) is 24.2 Å². The van der Waals surface area contributed by atoms with E-state index >= 15 is 0 Å². The number of nitrogens with zero attached hydrogens (tertiary/aromatic N) is 1. The average Bonchev–Trinajstić information content (AvgIpc) is 2.34. The van der Waals surface area contributed by atoms with Gasteiger partial charge in [-0.2, -0.15) is 0 Å². The van der Waals surface area contributed by atoms with E-state index in [4.69, 9.17) is 11.6 Å². The molecule has 2 nitrogen and oxygen atoms in total. The highest BCUT2D eigenvalue weighted by molar-refractivity contribution is 6.30. The Balaban J connectivity index is 2.12. The van der Waals surface area contributed by atoms with Crippen molar-refractivity contribution in [3.63, 3.8) is 0 Å². The first-order valence-electron chi connectivity index (χ1n) is 6.75. The molecular weight excluding hydrogens is 244 g/mol. The summed E-state index contributed by atoms with van der Waals surface area (Å²) >= 11 is 5.93. The SMILES string of the molecule is C[C@@H]1N[C@H](C)[C@H](C)N(Cc2ccc(Cl)cc2)[C@@H]1C. The highest BCUT2D eigenvalue weighted by Crippen LogP contribution is 2.22. The van der Waals surface area contributed by atoms with Crippen LogP contribution in [0.1, 0.15) is 33.3 Å². The zero-order chi connectivity index (χ0) is 13.3. The summed E-state index contributed by atoms with van der Waals surface area (Å²) in [6.45, 7) is 10.1. The molecule has 1 aliphatic rings. The van der Waals surface area contributed by atoms with Gasteiger partial charge in [0.15, 0.2) is 0 Å². The molecule has 2 rings (SSSR count). The smallest absolute Gasteiger partial charge is 0.0406 e. The second-order valence-electron chi connectivity index (χ2n) is 5.52. The largest absolute Gasteiger partial charge is 0.309 e. The van der Waals surface area contributed by atoms with Crippen molar-refractivity contribution in [3.8, 4) is 0 Å². The summed E-state index contributed by atoms with van der Waals surface area (Å²) in [5, 5.41) is 4.45. The summed E-state index contributed by atoms with van der Waals surface area (Å²) in [6.07, 6.45) is 0. The second kappa shape index (κ2) is 5.60. The monoisotopic (exact) mass is 266 g/mol. The highest BCUT2D eigenvalue weighted by atomic mass is 35.5. The Morgan fingerprint density at radius 3 is 2.00 bits per heavy atom. The molecule has 4 atom stereocenters. The van der Waals surface area contributed by atoms with Gasteiger partial charge in [-0.1, -0.05) is 23.7 Å². The molecule has 0 amide bonds. The summed E-state index contributed by atoms with van der Waals surface area (Å²) in [4.78, 5) is 2.58. The maximum atomic E-state index is 5.93. The summed E-state index contributed by atoms with van der Waals surface area (Å²) in [6, 6.07) is 10.4. The summed E-state index contributed by atoms with van der Waals surface area (Å²) in [7, 11) is 0. The Bertz CT molecular complexity index is 376. The molecule has 0 aliphatic carbocycles. The first kappa shape index (κ1) is 13.9. The molecular formula is C15H23ClN2. The third-order valence-corrected chi connectivity index (χ3v) is 4.55. The normalized spacial score (nSPS) is 33.6. The zero-order valence-corrected chi connectivity index (χ0v) is 12.4. The van der Waals surface area contributed by atoms with Crippen molar-refractivity contribution in [2.45, 2.75) is 58.4 Å². The van der Waals surface area contributed by atoms with Crippen molar-refractivity contribution in [3.05, 3.63) is 34.9 Å². The van der Waals surface area contributed by atoms with Gasteiger partial charge in [0.1, 0.15) is 0 Å². The van der Waals surface area contributed by atoms with E-state index in [9.17, 15) is 0 Å². The molecule has 0 saturated carbocycles. The van der Waals surface area contributed by atoms with Crippen LogP contribution in [0.25, 0.3) is 0 Å². The molecule has 1 N–H and O–H groups in total. The number of hydrogen-bond acceptors (Lipinski definition) is 2. The zero-order valence-electron chi connectivity index (χ0n) is 11.7. The lowest BCUT2D eigenvalue weighted by atomic mass is 9.96. The maximum Gasteiger partial charge on any atom is 0.0406 e. The third-order valence-electron chi connectivity index (χ3n) is 4.30. The van der Waals surface area contributed by atoms with Crippen LogP contribution in [0.2, 0.25) is 5.02 Å². The fourth-order valence-electron chi connectivity index (χ4n) is 2.73. The van der Waals surface area contributed by atoms with Crippen LogP contribution in [0.4, 0.5) is 0 Å². The van der Waals surface area contributed by atoms with Gasteiger partial charge in [-0.05, 0) is 45.4 Å². The molecule has 1 aromatic rings. The average molecular weight is 267 g/mol. The molecule has 3 heteroatoms. The highest BCUT2D eigenvalue weighted by Gasteiger charge is 2.33. The van der Waals surface area contributed by atoms with Gasteiger partial charge in [0.05, 0.1) is 0 Å². The van der Waals surface area contributed by atoms with E-state index in [-0.39, 0.29) is 0 Å². The van der Waals surface area contributed by atoms with Gasteiger partial charge in [0.25, 0.3) is 0 Å². The predicted molar refractivity (Wildman–Crippen MR) is 78.0 cm³/mol. The van der Waals surface area contributed by atoms with Crippen LogP contribution < -0.4 is 5.32 Å². The molecule has 0 spiro atoms. The second-order valence-corrected chi connectivity index (χ2v) is 5.96. The molecule has 1 aliphatic heterocycles. The lowest BCUT2D eigenvalue weighted by Gasteiger charge is -2.47. The van der Waals surface area contributed by atoms with Crippen molar-refractivity contribution in [1.82, 2.24) is 10.2 Å². The van der Waals surface area contributed by atoms with Crippen LogP contribution in [0, 0.1) is 0 Å². The summed E-state index contributed by atoms with van der Waals surface area (Å²) in [5.74, 6) is 0. The Labute approximate surface area is 115 Å². The minimum atomic E-state index is 0.531. The standard InChI is InChI=1S/C15H23ClN2/c1-10-12(3)18(13(4)11(2)17-10)9-14-5-7-15(16)8-6-14/h5-8,10-13,17H,9H2,1-4H3/t10-,11+,12+,13-. The van der Waals surface area contributed by atoms with Crippen LogP contribution in [-0.2, 0) is 6.54 Å². The van der Waals surface area contributed by atoms with E-state index in [1.807, 2.05) is 12.1 Å². The molecule has 1 aromatic carbocycles. The molecule has 0 unspecified atom stereocenters. The van der Waals surface area contributed by atoms with E-state index in [1.54, 1.807) is 0 Å². The van der Waals surface area contributed by atoms with Crippen LogP contribution >= 0.6 is 11.6 Å². The van der Waals surface area contributed by atoms with Gasteiger partial charge in [-0.15, -0.1) is 0 Å². The van der Waals surface area contributed by atoms with Crippen LogP contribution in [0.3, 0.4) is 0 Å². The molecule has 1 saturated heterocycles. The third kappa shape index (κ3) is 2.87. The summed E-state index contributed by atoms with van der Waals surface area (Å²) in [5.41, 5.74) is 1.33. The van der Waals surface area contributed by atoms with Crippen molar-refractivity contribution < 1.29 is 0 Å². The molecule has 0 bridgehead atoms. The fourth-order valence-corrected chi connectivity index (χ4v) is 2.85. The van der Waals surface area contributed by atoms with Crippen molar-refractivity contribution >= 4 is 11.6 Å². The van der Waals surface area contributed by atoms with E-state index in [0.717, 1.165) is 11.6 Å². The number of nitrogens with one attached hydrogen (secondary N) is 1. The summed E-state index contributed by atoms with van der Waals surface area (Å²) < 4.78 is 0. The predicted octanol–water partition coefficient (Wildman–Crippen LogP) is 3.30. The van der Waals surface area contributed by atoms with Gasteiger partial charge in [0.2, 0.25) is 0 Å². The number of piperazine rings is 1. The van der Waals surface area contributed by atoms with Gasteiger partial charge in [-0.25, -0.2) is 0 Å². The van der Waals surface area contributed by atoms with Crippen molar-refractivity contribution in [2.75, 3.05) is 0 Å². The maximum absolute atomic E-state index is 5.93. The first-order valence-corrected chi connectivity index (χ1v) is 7.13. The lowest BCUT2D eigenvalue weighted by Crippen LogP contribution is -2.63. The number of halogens is 1. The Hall–Kier alpha value is -0.570. The first-order chi connectivity index (χ1) is 8.49. The number of hydrogen-bond donors (Lipinski definition) is 1. The van der Waals surface area contributed by atoms with Crippen LogP contribution in [0.5, 0.6) is 0 Å². The molecule has 0 aromatic heterocycles. The molecule has 18 heavy (non-hydrogen) atoms. The molecule has 100 valence electrons. The van der Waals surface area contributed by atoms with E-state index in [2.05, 4.69) is 50.0 Å². The van der Waals surface area contributed by atoms with E-state index in [1.165, 1.54) is 5.56 Å². The topological polar surface area (TPSA) is 15.3 Å². The Morgan fingerprint density at radius 1 is 1.00 bits per heavy atom. The Morgan fingerprint density at radius 2 is 1.50 bits per heavy atom. The molecule has 1 heterocycles. The van der Waals surface area contributed by atoms with Crippen LogP contribution in [0.15, 0.2) is 24.3 Å². The van der Waals surface area contributed by atoms with Crippen molar-refractivity contribution in [1.29, 1.82) is 0 Å². The minimum absolute atomic E-state index is 0.531.